The summed E-state index contributed by atoms with van der Waals surface area (Å²) in [5.74, 6) is 0. The summed E-state index contributed by atoms with van der Waals surface area (Å²) in [4.78, 5) is 0. The first kappa shape index (κ1) is 14.5. The molecule has 0 aliphatic heterocycles. The van der Waals surface area contributed by atoms with Gasteiger partial charge in [-0.2, -0.15) is 13.5 Å². The highest BCUT2D eigenvalue weighted by molar-refractivity contribution is 9.11. The zero-order chi connectivity index (χ0) is 14.0. The number of hydrogen-bond donors (Lipinski definition) is 3. The van der Waals surface area contributed by atoms with E-state index in [-0.39, 0.29) is 11.6 Å². The number of rotatable bonds is 4. The molecule has 0 aliphatic carbocycles. The molecule has 0 saturated heterocycles. The molecule has 102 valence electrons. The Balaban J connectivity index is 2.39. The molecule has 1 aromatic carbocycles. The Hall–Kier alpha value is -0.900. The maximum Gasteiger partial charge on any atom is 0.279 e. The average molecular weight is 410 g/mol. The zero-order valence-corrected chi connectivity index (χ0v) is 13.5. The number of nitrogens with one attached hydrogen (secondary N) is 2. The Bertz CT molecular complexity index is 699. The van der Waals surface area contributed by atoms with Gasteiger partial charge < -0.3 is 5.73 Å². The predicted molar refractivity (Wildman–Crippen MR) is 79.1 cm³/mol. The predicted octanol–water partition coefficient (Wildman–Crippen LogP) is 2.19. The number of nitrogens with zero attached hydrogens (tertiary/aromatic N) is 1. The van der Waals surface area contributed by atoms with Gasteiger partial charge in [0.2, 0.25) is 0 Å². The van der Waals surface area contributed by atoms with Gasteiger partial charge in [0.15, 0.2) is 5.03 Å². The largest absolute Gasteiger partial charge is 0.326 e. The normalized spacial score (nSPS) is 11.5. The molecule has 0 bridgehead atoms. The molecule has 2 rings (SSSR count). The van der Waals surface area contributed by atoms with Crippen molar-refractivity contribution < 1.29 is 8.42 Å². The van der Waals surface area contributed by atoms with Gasteiger partial charge in [-0.05, 0) is 34.1 Å². The first-order valence-electron chi connectivity index (χ1n) is 5.14. The molecule has 1 heterocycles. The van der Waals surface area contributed by atoms with Gasteiger partial charge in [-0.25, -0.2) is 0 Å². The van der Waals surface area contributed by atoms with E-state index in [0.29, 0.717) is 15.7 Å². The quantitative estimate of drug-likeness (QED) is 0.720. The van der Waals surface area contributed by atoms with E-state index < -0.39 is 10.0 Å². The molecule has 19 heavy (non-hydrogen) atoms. The van der Waals surface area contributed by atoms with E-state index in [0.717, 1.165) is 4.47 Å². The third-order valence-electron chi connectivity index (χ3n) is 2.34. The second kappa shape index (κ2) is 5.61. The van der Waals surface area contributed by atoms with Crippen LogP contribution in [0, 0.1) is 0 Å². The van der Waals surface area contributed by atoms with Crippen LogP contribution in [0.1, 0.15) is 5.56 Å². The fraction of sp³-hybridized carbons (Fsp3) is 0.100. The van der Waals surface area contributed by atoms with E-state index in [2.05, 4.69) is 46.8 Å². The Morgan fingerprint density at radius 3 is 2.79 bits per heavy atom. The summed E-state index contributed by atoms with van der Waals surface area (Å²) in [5, 5.41) is 6.11. The number of anilines is 1. The molecule has 6 nitrogen and oxygen atoms in total. The van der Waals surface area contributed by atoms with Gasteiger partial charge in [0.25, 0.3) is 10.0 Å². The first-order valence-corrected chi connectivity index (χ1v) is 8.21. The van der Waals surface area contributed by atoms with Crippen LogP contribution in [0.4, 0.5) is 5.69 Å². The van der Waals surface area contributed by atoms with Gasteiger partial charge in [-0.1, -0.05) is 15.9 Å². The minimum atomic E-state index is -3.75. The molecule has 0 unspecified atom stereocenters. The van der Waals surface area contributed by atoms with Gasteiger partial charge in [0, 0.05) is 21.1 Å². The highest BCUT2D eigenvalue weighted by Gasteiger charge is 2.21. The third kappa shape index (κ3) is 3.16. The minimum Gasteiger partial charge on any atom is -0.326 e. The van der Waals surface area contributed by atoms with Gasteiger partial charge in [-0.15, -0.1) is 0 Å². The summed E-state index contributed by atoms with van der Waals surface area (Å²) in [6.07, 6.45) is 1.39. The molecule has 1 aromatic heterocycles. The highest BCUT2D eigenvalue weighted by Crippen LogP contribution is 2.28. The SMILES string of the molecule is NCc1cn[nH]c1S(=O)(=O)Nc1cc(Br)ccc1Br. The maximum atomic E-state index is 12.2. The van der Waals surface area contributed by atoms with Crippen molar-refractivity contribution in [3.05, 3.63) is 38.9 Å². The van der Waals surface area contributed by atoms with Gasteiger partial charge in [0.1, 0.15) is 0 Å². The summed E-state index contributed by atoms with van der Waals surface area (Å²) in [7, 11) is -3.75. The van der Waals surface area contributed by atoms with E-state index in [1.807, 2.05) is 0 Å². The average Bonchev–Trinajstić information content (AvgIpc) is 2.82. The molecule has 0 saturated carbocycles. The van der Waals surface area contributed by atoms with E-state index in [1.54, 1.807) is 18.2 Å². The summed E-state index contributed by atoms with van der Waals surface area (Å²) >= 11 is 6.57. The van der Waals surface area contributed by atoms with Crippen LogP contribution in [0.15, 0.2) is 38.4 Å². The number of halogens is 2. The lowest BCUT2D eigenvalue weighted by molar-refractivity contribution is 0.596. The van der Waals surface area contributed by atoms with Crippen LogP contribution < -0.4 is 10.5 Å². The van der Waals surface area contributed by atoms with Crippen molar-refractivity contribution in [2.75, 3.05) is 4.72 Å². The monoisotopic (exact) mass is 408 g/mol. The first-order chi connectivity index (χ1) is 8.94. The Morgan fingerprint density at radius 2 is 2.11 bits per heavy atom. The standard InChI is InChI=1S/C10H10Br2N4O2S/c11-7-1-2-8(12)9(3-7)16-19(17,18)10-6(4-13)5-14-15-10/h1-3,5,16H,4,13H2,(H,14,15). The molecule has 4 N–H and O–H groups in total. The molecule has 0 radical (unpaired) electrons. The Labute approximate surface area is 127 Å². The fourth-order valence-corrected chi connectivity index (χ4v) is 3.50. The molecule has 0 spiro atoms. The van der Waals surface area contributed by atoms with Crippen LogP contribution in [-0.4, -0.2) is 18.6 Å². The molecule has 2 aromatic rings. The molecule has 9 heteroatoms. The van der Waals surface area contributed by atoms with Crippen molar-refractivity contribution in [2.45, 2.75) is 11.6 Å². The molecule has 0 amide bonds. The Kier molecular flexibility index (Phi) is 4.29. The van der Waals surface area contributed by atoms with Crippen molar-refractivity contribution in [3.63, 3.8) is 0 Å². The van der Waals surface area contributed by atoms with Crippen LogP contribution in [0.2, 0.25) is 0 Å². The number of nitrogens with two attached hydrogens (primary N) is 1. The number of aromatic nitrogens is 2. The van der Waals surface area contributed by atoms with Gasteiger partial charge >= 0.3 is 0 Å². The molecular formula is C10H10Br2N4O2S. The lowest BCUT2D eigenvalue weighted by atomic mass is 10.3. The molecule has 0 aliphatic rings. The maximum absolute atomic E-state index is 12.2. The van der Waals surface area contributed by atoms with Crippen molar-refractivity contribution in [2.24, 2.45) is 5.73 Å². The minimum absolute atomic E-state index is 0.0260. The number of sulfonamides is 1. The summed E-state index contributed by atoms with van der Waals surface area (Å²) in [5.41, 5.74) is 6.32. The van der Waals surface area contributed by atoms with E-state index in [1.165, 1.54) is 6.20 Å². The van der Waals surface area contributed by atoms with Crippen LogP contribution in [0.25, 0.3) is 0 Å². The van der Waals surface area contributed by atoms with Crippen LogP contribution in [0.3, 0.4) is 0 Å². The van der Waals surface area contributed by atoms with E-state index >= 15 is 0 Å². The van der Waals surface area contributed by atoms with Crippen molar-refractivity contribution in [3.8, 4) is 0 Å². The number of H-pyrrole nitrogens is 1. The third-order valence-corrected chi connectivity index (χ3v) is 4.90. The smallest absolute Gasteiger partial charge is 0.279 e. The van der Waals surface area contributed by atoms with Crippen molar-refractivity contribution >= 4 is 47.6 Å². The fourth-order valence-electron chi connectivity index (χ4n) is 1.45. The van der Waals surface area contributed by atoms with Crippen LogP contribution in [-0.2, 0) is 16.6 Å². The number of benzene rings is 1. The van der Waals surface area contributed by atoms with Gasteiger partial charge in [-0.3, -0.25) is 9.82 Å². The highest BCUT2D eigenvalue weighted by atomic mass is 79.9. The van der Waals surface area contributed by atoms with Crippen LogP contribution >= 0.6 is 31.9 Å². The second-order valence-corrected chi connectivity index (χ2v) is 7.05. The lowest BCUT2D eigenvalue weighted by Crippen LogP contribution is -2.16. The summed E-state index contributed by atoms with van der Waals surface area (Å²) in [6, 6.07) is 5.18. The Morgan fingerprint density at radius 1 is 1.37 bits per heavy atom. The number of aromatic amines is 1. The molecular weight excluding hydrogens is 400 g/mol. The molecule has 0 atom stereocenters. The summed E-state index contributed by atoms with van der Waals surface area (Å²) in [6.45, 7) is 0.0897. The van der Waals surface area contributed by atoms with Crippen LogP contribution in [0.5, 0.6) is 0 Å². The van der Waals surface area contributed by atoms with Crippen molar-refractivity contribution in [1.29, 1.82) is 0 Å². The lowest BCUT2D eigenvalue weighted by Gasteiger charge is -2.09. The van der Waals surface area contributed by atoms with Crippen molar-refractivity contribution in [1.82, 2.24) is 10.2 Å². The molecule has 0 fully saturated rings. The van der Waals surface area contributed by atoms with Gasteiger partial charge in [0.05, 0.1) is 11.9 Å². The zero-order valence-electron chi connectivity index (χ0n) is 9.52. The van der Waals surface area contributed by atoms with E-state index in [4.69, 9.17) is 5.73 Å². The summed E-state index contributed by atoms with van der Waals surface area (Å²) < 4.78 is 28.3. The van der Waals surface area contributed by atoms with E-state index in [9.17, 15) is 8.42 Å². The number of hydrogen-bond acceptors (Lipinski definition) is 4. The second-order valence-electron chi connectivity index (χ2n) is 3.66. The topological polar surface area (TPSA) is 101 Å².